The Morgan fingerprint density at radius 2 is 1.63 bits per heavy atom. The van der Waals surface area contributed by atoms with Crippen molar-refractivity contribution >= 4 is 45.5 Å². The van der Waals surface area contributed by atoms with Crippen LogP contribution in [-0.4, -0.2) is 31.1 Å². The topological polar surface area (TPSA) is 84.9 Å². The molecule has 1 heterocycles. The van der Waals surface area contributed by atoms with Crippen molar-refractivity contribution in [1.29, 1.82) is 0 Å². The number of benzene rings is 3. The molecule has 4 rings (SSSR count). The molecule has 8 heteroatoms. The summed E-state index contributed by atoms with van der Waals surface area (Å²) in [7, 11) is 0. The second kappa shape index (κ2) is 10.6. The Kier molecular flexibility index (Phi) is 7.31. The van der Waals surface area contributed by atoms with Gasteiger partial charge in [-0.1, -0.05) is 45.8 Å². The van der Waals surface area contributed by atoms with Gasteiger partial charge in [-0.05, 0) is 68.0 Å². The van der Waals surface area contributed by atoms with Gasteiger partial charge in [0, 0.05) is 10.0 Å². The largest absolute Gasteiger partial charge is 0.490 e. The van der Waals surface area contributed by atoms with Crippen LogP contribution in [0.4, 0.5) is 10.5 Å². The zero-order valence-corrected chi connectivity index (χ0v) is 20.8. The second-order valence-electron chi connectivity index (χ2n) is 7.99. The van der Waals surface area contributed by atoms with Gasteiger partial charge in [0.25, 0.3) is 11.8 Å². The number of urea groups is 1. The summed E-state index contributed by atoms with van der Waals surface area (Å²) in [5.74, 6) is -0.272. The third kappa shape index (κ3) is 5.78. The average molecular weight is 535 g/mol. The number of anilines is 1. The third-order valence-corrected chi connectivity index (χ3v) is 5.76. The van der Waals surface area contributed by atoms with E-state index in [1.54, 1.807) is 36.4 Å². The molecule has 3 aromatic carbocycles. The Hall–Kier alpha value is -3.91. The van der Waals surface area contributed by atoms with E-state index in [2.05, 4.69) is 21.2 Å². The zero-order valence-electron chi connectivity index (χ0n) is 19.2. The highest BCUT2D eigenvalue weighted by molar-refractivity contribution is 9.10. The lowest BCUT2D eigenvalue weighted by Gasteiger charge is -2.26. The van der Waals surface area contributed by atoms with Crippen molar-refractivity contribution in [3.63, 3.8) is 0 Å². The molecule has 0 aliphatic carbocycles. The Morgan fingerprint density at radius 3 is 2.37 bits per heavy atom. The van der Waals surface area contributed by atoms with Crippen molar-refractivity contribution in [3.05, 3.63) is 93.5 Å². The normalized spacial score (nSPS) is 14.8. The Balaban J connectivity index is 1.54. The number of carbonyl (C=O) groups is 3. The molecular weight excluding hydrogens is 512 g/mol. The fourth-order valence-corrected chi connectivity index (χ4v) is 3.90. The predicted molar refractivity (Wildman–Crippen MR) is 136 cm³/mol. The minimum absolute atomic E-state index is 0.176. The van der Waals surface area contributed by atoms with Crippen LogP contribution in [0.5, 0.6) is 11.5 Å². The summed E-state index contributed by atoms with van der Waals surface area (Å²) in [6.45, 7) is 4.42. The molecule has 0 unspecified atom stereocenters. The van der Waals surface area contributed by atoms with E-state index < -0.39 is 17.8 Å². The van der Waals surface area contributed by atoms with Crippen molar-refractivity contribution in [2.75, 3.05) is 18.1 Å². The van der Waals surface area contributed by atoms with E-state index in [1.165, 1.54) is 6.08 Å². The molecule has 0 spiro atoms. The smallest absolute Gasteiger partial charge is 0.335 e. The lowest BCUT2D eigenvalue weighted by Crippen LogP contribution is -2.54. The van der Waals surface area contributed by atoms with Gasteiger partial charge in [-0.25, -0.2) is 9.69 Å². The van der Waals surface area contributed by atoms with Crippen LogP contribution in [0, 0.1) is 13.8 Å². The summed E-state index contributed by atoms with van der Waals surface area (Å²) in [6.07, 6.45) is 1.42. The molecule has 4 amide bonds. The molecule has 7 nitrogen and oxygen atoms in total. The average Bonchev–Trinajstić information content (AvgIpc) is 2.81. The SMILES string of the molecule is Cc1ccc(OCCOc2ccc(Br)cc2/C=C2/C(=O)NC(=O)N(c3cccc(C)c3)C2=O)cc1. The maximum Gasteiger partial charge on any atom is 0.335 e. The zero-order chi connectivity index (χ0) is 24.9. The summed E-state index contributed by atoms with van der Waals surface area (Å²) in [5.41, 5.74) is 2.73. The van der Waals surface area contributed by atoms with Gasteiger partial charge in [0.2, 0.25) is 0 Å². The summed E-state index contributed by atoms with van der Waals surface area (Å²) in [5, 5.41) is 2.24. The van der Waals surface area contributed by atoms with E-state index in [1.807, 2.05) is 44.2 Å². The summed E-state index contributed by atoms with van der Waals surface area (Å²) >= 11 is 3.42. The molecule has 0 saturated carbocycles. The van der Waals surface area contributed by atoms with E-state index in [0.717, 1.165) is 26.2 Å². The molecule has 1 aliphatic heterocycles. The van der Waals surface area contributed by atoms with Crippen LogP contribution in [0.25, 0.3) is 6.08 Å². The lowest BCUT2D eigenvalue weighted by atomic mass is 10.1. The van der Waals surface area contributed by atoms with Crippen molar-refractivity contribution < 1.29 is 23.9 Å². The van der Waals surface area contributed by atoms with Gasteiger partial charge in [-0.2, -0.15) is 0 Å². The first-order valence-corrected chi connectivity index (χ1v) is 11.7. The van der Waals surface area contributed by atoms with Crippen molar-refractivity contribution in [2.45, 2.75) is 13.8 Å². The first-order chi connectivity index (χ1) is 16.8. The van der Waals surface area contributed by atoms with Crippen LogP contribution >= 0.6 is 15.9 Å². The van der Waals surface area contributed by atoms with Crippen molar-refractivity contribution in [3.8, 4) is 11.5 Å². The molecule has 1 N–H and O–H groups in total. The van der Waals surface area contributed by atoms with Crippen LogP contribution in [0.1, 0.15) is 16.7 Å². The number of hydrogen-bond acceptors (Lipinski definition) is 5. The summed E-state index contributed by atoms with van der Waals surface area (Å²) in [4.78, 5) is 39.2. The molecule has 1 saturated heterocycles. The molecule has 1 fully saturated rings. The highest BCUT2D eigenvalue weighted by atomic mass is 79.9. The lowest BCUT2D eigenvalue weighted by molar-refractivity contribution is -0.122. The molecule has 0 aromatic heterocycles. The van der Waals surface area contributed by atoms with Crippen LogP contribution in [0.2, 0.25) is 0 Å². The van der Waals surface area contributed by atoms with Crippen molar-refractivity contribution in [2.24, 2.45) is 0 Å². The number of halogens is 1. The molecule has 0 bridgehead atoms. The van der Waals surface area contributed by atoms with E-state index in [9.17, 15) is 14.4 Å². The van der Waals surface area contributed by atoms with E-state index >= 15 is 0 Å². The predicted octanol–water partition coefficient (Wildman–Crippen LogP) is 5.19. The van der Waals surface area contributed by atoms with Crippen LogP contribution in [-0.2, 0) is 9.59 Å². The molecule has 35 heavy (non-hydrogen) atoms. The molecule has 3 aromatic rings. The first kappa shape index (κ1) is 24.2. The molecule has 0 radical (unpaired) electrons. The van der Waals surface area contributed by atoms with E-state index in [0.29, 0.717) is 23.6 Å². The Labute approximate surface area is 211 Å². The fraction of sp³-hybridized carbons (Fsp3) is 0.148. The van der Waals surface area contributed by atoms with Crippen LogP contribution < -0.4 is 19.7 Å². The maximum atomic E-state index is 13.2. The van der Waals surface area contributed by atoms with Gasteiger partial charge in [-0.15, -0.1) is 0 Å². The monoisotopic (exact) mass is 534 g/mol. The van der Waals surface area contributed by atoms with Crippen molar-refractivity contribution in [1.82, 2.24) is 5.32 Å². The number of hydrogen-bond donors (Lipinski definition) is 1. The number of ether oxygens (including phenoxy) is 2. The quantitative estimate of drug-likeness (QED) is 0.256. The van der Waals surface area contributed by atoms with Gasteiger partial charge in [0.15, 0.2) is 0 Å². The highest BCUT2D eigenvalue weighted by Crippen LogP contribution is 2.28. The van der Waals surface area contributed by atoms with Gasteiger partial charge >= 0.3 is 6.03 Å². The number of nitrogens with zero attached hydrogens (tertiary/aromatic N) is 1. The summed E-state index contributed by atoms with van der Waals surface area (Å²) in [6, 6.07) is 19.1. The minimum atomic E-state index is -0.790. The number of aryl methyl sites for hydroxylation is 2. The maximum absolute atomic E-state index is 13.2. The van der Waals surface area contributed by atoms with Gasteiger partial charge in [-0.3, -0.25) is 14.9 Å². The standard InChI is InChI=1S/C27H23BrN2O5/c1-17-6-9-22(10-7-17)34-12-13-35-24-11-8-20(28)15-19(24)16-23-25(31)29-27(33)30(26(23)32)21-5-3-4-18(2)14-21/h3-11,14-16H,12-13H2,1-2H3,(H,29,31,33)/b23-16-. The van der Waals surface area contributed by atoms with E-state index in [-0.39, 0.29) is 12.2 Å². The molecule has 0 atom stereocenters. The van der Waals surface area contributed by atoms with Gasteiger partial charge < -0.3 is 9.47 Å². The number of rotatable bonds is 7. The Bertz CT molecular complexity index is 1320. The number of carbonyl (C=O) groups excluding carboxylic acids is 3. The number of barbiturate groups is 1. The van der Waals surface area contributed by atoms with Crippen LogP contribution in [0.15, 0.2) is 76.8 Å². The number of nitrogens with one attached hydrogen (secondary N) is 1. The van der Waals surface area contributed by atoms with Gasteiger partial charge in [0.05, 0.1) is 5.69 Å². The molecule has 178 valence electrons. The third-order valence-electron chi connectivity index (χ3n) is 5.26. The van der Waals surface area contributed by atoms with Gasteiger partial charge in [0.1, 0.15) is 30.3 Å². The minimum Gasteiger partial charge on any atom is -0.490 e. The van der Waals surface area contributed by atoms with E-state index in [4.69, 9.17) is 9.47 Å². The second-order valence-corrected chi connectivity index (χ2v) is 8.90. The highest BCUT2D eigenvalue weighted by Gasteiger charge is 2.37. The number of imide groups is 2. The first-order valence-electron chi connectivity index (χ1n) is 10.9. The van der Waals surface area contributed by atoms with Crippen LogP contribution in [0.3, 0.4) is 0 Å². The summed E-state index contributed by atoms with van der Waals surface area (Å²) < 4.78 is 12.3. The number of amides is 4. The molecule has 1 aliphatic rings. The Morgan fingerprint density at radius 1 is 0.886 bits per heavy atom. The fourth-order valence-electron chi connectivity index (χ4n) is 3.52. The molecular formula is C27H23BrN2O5.